The molecule has 0 unspecified atom stereocenters. The molecule has 2 aromatic heterocycles. The Morgan fingerprint density at radius 1 is 1.20 bits per heavy atom. The van der Waals surface area contributed by atoms with Crippen molar-refractivity contribution < 1.29 is 4.74 Å². The summed E-state index contributed by atoms with van der Waals surface area (Å²) in [6, 6.07) is 5.85. The third-order valence-corrected chi connectivity index (χ3v) is 2.98. The molecule has 0 radical (unpaired) electrons. The van der Waals surface area contributed by atoms with E-state index in [1.54, 1.807) is 6.20 Å². The summed E-state index contributed by atoms with van der Waals surface area (Å²) in [4.78, 5) is 12.9. The molecule has 0 atom stereocenters. The third-order valence-electron chi connectivity index (χ3n) is 2.98. The zero-order valence-corrected chi connectivity index (χ0v) is 12.0. The van der Waals surface area contributed by atoms with Gasteiger partial charge in [0, 0.05) is 24.7 Å². The average Bonchev–Trinajstić information content (AvgIpc) is 2.45. The maximum Gasteiger partial charge on any atom is 0.221 e. The van der Waals surface area contributed by atoms with Gasteiger partial charge in [0.15, 0.2) is 0 Å². The minimum Gasteiger partial charge on any atom is -0.477 e. The number of nitrogens with zero attached hydrogens (tertiary/aromatic N) is 3. The maximum atomic E-state index is 5.89. The number of pyridine rings is 1. The number of nitrogens with two attached hydrogens (primary N) is 1. The second kappa shape index (κ2) is 6.84. The van der Waals surface area contributed by atoms with E-state index >= 15 is 0 Å². The summed E-state index contributed by atoms with van der Waals surface area (Å²) in [5.74, 6) is 1.82. The molecule has 5 nitrogen and oxygen atoms in total. The lowest BCUT2D eigenvalue weighted by molar-refractivity contribution is 0.304. The molecule has 0 saturated carbocycles. The molecule has 2 N–H and O–H groups in total. The molecule has 0 amide bonds. The van der Waals surface area contributed by atoms with Gasteiger partial charge < -0.3 is 10.5 Å². The molecule has 5 heteroatoms. The standard InChI is InChI=1S/C15H20N4O/c1-3-6-13-18-14(16)11(2)15(19-13)20-10-8-12-7-4-5-9-17-12/h4-5,7,9H,3,6,8,10H2,1-2H3,(H2,16,18,19). The largest absolute Gasteiger partial charge is 0.477 e. The van der Waals surface area contributed by atoms with Crippen LogP contribution in [-0.4, -0.2) is 21.6 Å². The number of nitrogen functional groups attached to an aromatic ring is 1. The number of anilines is 1. The van der Waals surface area contributed by atoms with Gasteiger partial charge >= 0.3 is 0 Å². The van der Waals surface area contributed by atoms with Crippen molar-refractivity contribution in [3.05, 3.63) is 41.5 Å². The Kier molecular flexibility index (Phi) is 4.87. The molecule has 0 spiro atoms. The molecule has 0 bridgehead atoms. The van der Waals surface area contributed by atoms with Crippen molar-refractivity contribution in [1.29, 1.82) is 0 Å². The Labute approximate surface area is 119 Å². The molecule has 0 aliphatic rings. The van der Waals surface area contributed by atoms with Gasteiger partial charge in [-0.3, -0.25) is 4.98 Å². The lowest BCUT2D eigenvalue weighted by Gasteiger charge is -2.11. The van der Waals surface area contributed by atoms with Crippen LogP contribution < -0.4 is 10.5 Å². The fourth-order valence-corrected chi connectivity index (χ4v) is 1.83. The number of hydrogen-bond acceptors (Lipinski definition) is 5. The van der Waals surface area contributed by atoms with Crippen LogP contribution in [0.1, 0.15) is 30.4 Å². The van der Waals surface area contributed by atoms with Gasteiger partial charge in [0.1, 0.15) is 11.6 Å². The highest BCUT2D eigenvalue weighted by Crippen LogP contribution is 2.20. The van der Waals surface area contributed by atoms with Crippen LogP contribution in [0.3, 0.4) is 0 Å². The van der Waals surface area contributed by atoms with Crippen LogP contribution in [0.2, 0.25) is 0 Å². The zero-order chi connectivity index (χ0) is 14.4. The van der Waals surface area contributed by atoms with E-state index in [4.69, 9.17) is 10.5 Å². The van der Waals surface area contributed by atoms with Crippen LogP contribution in [0.25, 0.3) is 0 Å². The molecule has 106 valence electrons. The van der Waals surface area contributed by atoms with Crippen molar-refractivity contribution in [2.45, 2.75) is 33.1 Å². The van der Waals surface area contributed by atoms with Crippen molar-refractivity contribution in [3.63, 3.8) is 0 Å². The second-order valence-corrected chi connectivity index (χ2v) is 4.62. The predicted molar refractivity (Wildman–Crippen MR) is 78.6 cm³/mol. The summed E-state index contributed by atoms with van der Waals surface area (Å²) in [6.07, 6.45) is 4.31. The van der Waals surface area contributed by atoms with E-state index in [1.165, 1.54) is 0 Å². The van der Waals surface area contributed by atoms with Crippen LogP contribution in [-0.2, 0) is 12.8 Å². The Balaban J connectivity index is 2.01. The van der Waals surface area contributed by atoms with Gasteiger partial charge in [-0.2, -0.15) is 4.98 Å². The monoisotopic (exact) mass is 272 g/mol. The van der Waals surface area contributed by atoms with Gasteiger partial charge in [-0.25, -0.2) is 4.98 Å². The van der Waals surface area contributed by atoms with E-state index in [1.807, 2.05) is 25.1 Å². The second-order valence-electron chi connectivity index (χ2n) is 4.62. The first-order chi connectivity index (χ1) is 9.70. The lowest BCUT2D eigenvalue weighted by Crippen LogP contribution is -2.09. The molecular weight excluding hydrogens is 252 g/mol. The van der Waals surface area contributed by atoms with Gasteiger partial charge in [-0.05, 0) is 25.5 Å². The fourth-order valence-electron chi connectivity index (χ4n) is 1.83. The van der Waals surface area contributed by atoms with E-state index in [2.05, 4.69) is 21.9 Å². The molecule has 0 aliphatic carbocycles. The first-order valence-corrected chi connectivity index (χ1v) is 6.86. The third kappa shape index (κ3) is 3.66. The Bertz CT molecular complexity index is 557. The van der Waals surface area contributed by atoms with Gasteiger partial charge in [0.2, 0.25) is 5.88 Å². The summed E-state index contributed by atoms with van der Waals surface area (Å²) >= 11 is 0. The maximum absolute atomic E-state index is 5.89. The van der Waals surface area contributed by atoms with Crippen molar-refractivity contribution in [2.75, 3.05) is 12.3 Å². The average molecular weight is 272 g/mol. The SMILES string of the molecule is CCCc1nc(N)c(C)c(OCCc2ccccn2)n1. The molecule has 0 saturated heterocycles. The highest BCUT2D eigenvalue weighted by molar-refractivity contribution is 5.44. The van der Waals surface area contributed by atoms with Crippen molar-refractivity contribution in [1.82, 2.24) is 15.0 Å². The molecule has 2 heterocycles. The predicted octanol–water partition coefficient (Wildman–Crippen LogP) is 2.34. The summed E-state index contributed by atoms with van der Waals surface area (Å²) in [6.45, 7) is 4.49. The van der Waals surface area contributed by atoms with Gasteiger partial charge in [-0.15, -0.1) is 0 Å². The molecule has 0 aliphatic heterocycles. The van der Waals surface area contributed by atoms with E-state index in [-0.39, 0.29) is 0 Å². The number of aryl methyl sites for hydroxylation is 1. The quantitative estimate of drug-likeness (QED) is 0.873. The van der Waals surface area contributed by atoms with E-state index in [9.17, 15) is 0 Å². The molecular formula is C15H20N4O. The Hall–Kier alpha value is -2.17. The lowest BCUT2D eigenvalue weighted by atomic mass is 10.2. The first kappa shape index (κ1) is 14.2. The Morgan fingerprint density at radius 3 is 2.75 bits per heavy atom. The summed E-state index contributed by atoms with van der Waals surface area (Å²) in [7, 11) is 0. The van der Waals surface area contributed by atoms with Crippen LogP contribution in [0.15, 0.2) is 24.4 Å². The zero-order valence-electron chi connectivity index (χ0n) is 12.0. The van der Waals surface area contributed by atoms with E-state index in [0.717, 1.165) is 36.3 Å². The van der Waals surface area contributed by atoms with Crippen molar-refractivity contribution in [2.24, 2.45) is 0 Å². The highest BCUT2D eigenvalue weighted by Gasteiger charge is 2.09. The normalized spacial score (nSPS) is 10.5. The number of hydrogen-bond donors (Lipinski definition) is 1. The molecule has 0 aromatic carbocycles. The topological polar surface area (TPSA) is 73.9 Å². The first-order valence-electron chi connectivity index (χ1n) is 6.86. The molecule has 0 fully saturated rings. The smallest absolute Gasteiger partial charge is 0.221 e. The van der Waals surface area contributed by atoms with Gasteiger partial charge in [0.25, 0.3) is 0 Å². The van der Waals surface area contributed by atoms with Crippen LogP contribution >= 0.6 is 0 Å². The minimum absolute atomic E-state index is 0.497. The number of aromatic nitrogens is 3. The van der Waals surface area contributed by atoms with Crippen molar-refractivity contribution in [3.8, 4) is 5.88 Å². The van der Waals surface area contributed by atoms with E-state index in [0.29, 0.717) is 18.3 Å². The number of ether oxygens (including phenoxy) is 1. The highest BCUT2D eigenvalue weighted by atomic mass is 16.5. The summed E-state index contributed by atoms with van der Waals surface area (Å²) < 4.78 is 5.74. The van der Waals surface area contributed by atoms with Crippen molar-refractivity contribution >= 4 is 5.82 Å². The minimum atomic E-state index is 0.497. The van der Waals surface area contributed by atoms with Crippen LogP contribution in [0.4, 0.5) is 5.82 Å². The molecule has 2 rings (SSSR count). The van der Waals surface area contributed by atoms with Gasteiger partial charge in [-0.1, -0.05) is 13.0 Å². The van der Waals surface area contributed by atoms with Crippen LogP contribution in [0, 0.1) is 6.92 Å². The summed E-state index contributed by atoms with van der Waals surface area (Å²) in [5, 5.41) is 0. The van der Waals surface area contributed by atoms with Crippen LogP contribution in [0.5, 0.6) is 5.88 Å². The molecule has 20 heavy (non-hydrogen) atoms. The number of rotatable bonds is 6. The van der Waals surface area contributed by atoms with Gasteiger partial charge in [0.05, 0.1) is 12.2 Å². The molecule has 2 aromatic rings. The summed E-state index contributed by atoms with van der Waals surface area (Å²) in [5.41, 5.74) is 7.69. The fraction of sp³-hybridized carbons (Fsp3) is 0.400. The Morgan fingerprint density at radius 2 is 2.05 bits per heavy atom. The van der Waals surface area contributed by atoms with E-state index < -0.39 is 0 Å².